The molecule has 0 aliphatic heterocycles. The molecule has 0 spiro atoms. The molecule has 0 saturated heterocycles. The van der Waals surface area contributed by atoms with E-state index in [0.29, 0.717) is 13.2 Å². The van der Waals surface area contributed by atoms with E-state index in [-0.39, 0.29) is 19.3 Å². The molecule has 0 aromatic heterocycles. The molecule has 0 saturated carbocycles. The van der Waals surface area contributed by atoms with Gasteiger partial charge in [-0.25, -0.2) is 0 Å². The van der Waals surface area contributed by atoms with E-state index in [1.165, 1.54) is 0 Å². The molecule has 0 fully saturated rings. The van der Waals surface area contributed by atoms with Crippen LogP contribution in [0, 0.1) is 0 Å². The molecule has 0 aromatic rings. The van der Waals surface area contributed by atoms with Gasteiger partial charge in [0.1, 0.15) is 0 Å². The van der Waals surface area contributed by atoms with Gasteiger partial charge in [0.05, 0.1) is 25.4 Å². The summed E-state index contributed by atoms with van der Waals surface area (Å²) in [6.45, 7) is 6.77. The molecule has 0 heterocycles. The van der Waals surface area contributed by atoms with Crippen molar-refractivity contribution in [3.05, 3.63) is 0 Å². The zero-order valence-corrected chi connectivity index (χ0v) is 8.71. The van der Waals surface area contributed by atoms with Gasteiger partial charge in [0.25, 0.3) is 0 Å². The molecular weight excluding hydrogens is 170 g/mol. The molecule has 1 unspecified atom stereocenters. The zero-order chi connectivity index (χ0) is 10.3. The third kappa shape index (κ3) is 5.21. The van der Waals surface area contributed by atoms with E-state index < -0.39 is 5.54 Å². The lowest BCUT2D eigenvalue weighted by Gasteiger charge is -2.30. The number of rotatable bonds is 7. The van der Waals surface area contributed by atoms with E-state index in [9.17, 15) is 0 Å². The van der Waals surface area contributed by atoms with Crippen molar-refractivity contribution >= 4 is 0 Å². The van der Waals surface area contributed by atoms with Gasteiger partial charge in [-0.1, -0.05) is 0 Å². The summed E-state index contributed by atoms with van der Waals surface area (Å²) in [7, 11) is 0. The predicted octanol–water partition coefficient (Wildman–Crippen LogP) is -0.256. The first kappa shape index (κ1) is 12.8. The van der Waals surface area contributed by atoms with Gasteiger partial charge in [-0.2, -0.15) is 0 Å². The Hall–Kier alpha value is -0.160. The van der Waals surface area contributed by atoms with Crippen LogP contribution in [0.1, 0.15) is 20.8 Å². The van der Waals surface area contributed by atoms with Gasteiger partial charge in [0.2, 0.25) is 0 Å². The van der Waals surface area contributed by atoms with Crippen LogP contribution in [0.25, 0.3) is 0 Å². The lowest BCUT2D eigenvalue weighted by molar-refractivity contribution is 0.0687. The van der Waals surface area contributed by atoms with Gasteiger partial charge < -0.3 is 20.3 Å². The van der Waals surface area contributed by atoms with Gasteiger partial charge in [0, 0.05) is 12.6 Å². The Bertz CT molecular complexity index is 126. The van der Waals surface area contributed by atoms with Crippen LogP contribution < -0.4 is 5.32 Å². The highest BCUT2D eigenvalue weighted by Gasteiger charge is 2.23. The Morgan fingerprint density at radius 3 is 2.31 bits per heavy atom. The number of ether oxygens (including phenoxy) is 1. The Kier molecular flexibility index (Phi) is 6.24. The van der Waals surface area contributed by atoms with Crippen molar-refractivity contribution in [2.24, 2.45) is 0 Å². The molecule has 0 aliphatic carbocycles. The summed E-state index contributed by atoms with van der Waals surface area (Å²) >= 11 is 0. The summed E-state index contributed by atoms with van der Waals surface area (Å²) in [5.41, 5.74) is -0.615. The van der Waals surface area contributed by atoms with Crippen LogP contribution in [0.4, 0.5) is 0 Å². The summed E-state index contributed by atoms with van der Waals surface area (Å²) < 4.78 is 5.20. The summed E-state index contributed by atoms with van der Waals surface area (Å²) in [6.07, 6.45) is 0. The van der Waals surface area contributed by atoms with Crippen molar-refractivity contribution in [2.75, 3.05) is 26.4 Å². The average molecular weight is 191 g/mol. The predicted molar refractivity (Wildman–Crippen MR) is 51.7 cm³/mol. The molecule has 0 bridgehead atoms. The number of nitrogens with one attached hydrogen (secondary N) is 1. The number of aliphatic hydroxyl groups is 2. The van der Waals surface area contributed by atoms with Crippen molar-refractivity contribution < 1.29 is 14.9 Å². The minimum absolute atomic E-state index is 0.0834. The van der Waals surface area contributed by atoms with Crippen LogP contribution in [0.2, 0.25) is 0 Å². The van der Waals surface area contributed by atoms with Crippen molar-refractivity contribution in [2.45, 2.75) is 32.4 Å². The molecule has 0 rings (SSSR count). The van der Waals surface area contributed by atoms with Crippen molar-refractivity contribution in [3.8, 4) is 0 Å². The second kappa shape index (κ2) is 6.32. The van der Waals surface area contributed by atoms with Crippen LogP contribution in [0.3, 0.4) is 0 Å². The van der Waals surface area contributed by atoms with E-state index in [1.807, 2.05) is 13.8 Å². The molecule has 1 atom stereocenters. The van der Waals surface area contributed by atoms with Crippen LogP contribution in [-0.2, 0) is 4.74 Å². The highest BCUT2D eigenvalue weighted by Crippen LogP contribution is 2.02. The number of hydrogen-bond donors (Lipinski definition) is 3. The fourth-order valence-electron chi connectivity index (χ4n) is 1.07. The van der Waals surface area contributed by atoms with E-state index in [4.69, 9.17) is 14.9 Å². The normalized spacial score (nSPS) is 14.5. The van der Waals surface area contributed by atoms with Crippen molar-refractivity contribution in [1.82, 2.24) is 5.32 Å². The minimum Gasteiger partial charge on any atom is -0.394 e. The van der Waals surface area contributed by atoms with Crippen LogP contribution in [-0.4, -0.2) is 48.2 Å². The Morgan fingerprint density at radius 2 is 1.92 bits per heavy atom. The quantitative estimate of drug-likeness (QED) is 0.519. The molecule has 3 N–H and O–H groups in total. The summed E-state index contributed by atoms with van der Waals surface area (Å²) in [6, 6.07) is 0.129. The van der Waals surface area contributed by atoms with Gasteiger partial charge in [-0.3, -0.25) is 0 Å². The summed E-state index contributed by atoms with van der Waals surface area (Å²) in [5.74, 6) is 0. The minimum atomic E-state index is -0.615. The molecule has 0 radical (unpaired) electrons. The van der Waals surface area contributed by atoms with Crippen molar-refractivity contribution in [3.63, 3.8) is 0 Å². The SMILES string of the molecule is CCOCC(C)NC(C)(CO)CO. The fraction of sp³-hybridized carbons (Fsp3) is 1.00. The van der Waals surface area contributed by atoms with E-state index in [2.05, 4.69) is 5.32 Å². The zero-order valence-electron chi connectivity index (χ0n) is 8.71. The maximum Gasteiger partial charge on any atom is 0.0633 e. The Balaban J connectivity index is 3.79. The standard InChI is InChI=1S/C9H21NO3/c1-4-13-5-8(2)10-9(3,6-11)7-12/h8,10-12H,4-7H2,1-3H3. The topological polar surface area (TPSA) is 61.7 Å². The van der Waals surface area contributed by atoms with Crippen molar-refractivity contribution in [1.29, 1.82) is 0 Å². The van der Waals surface area contributed by atoms with E-state index >= 15 is 0 Å². The number of aliphatic hydroxyl groups excluding tert-OH is 2. The largest absolute Gasteiger partial charge is 0.394 e. The van der Waals surface area contributed by atoms with Gasteiger partial charge >= 0.3 is 0 Å². The highest BCUT2D eigenvalue weighted by molar-refractivity contribution is 4.83. The second-order valence-corrected chi connectivity index (χ2v) is 3.58. The van der Waals surface area contributed by atoms with Gasteiger partial charge in [0.15, 0.2) is 0 Å². The third-order valence-corrected chi connectivity index (χ3v) is 1.86. The smallest absolute Gasteiger partial charge is 0.0633 e. The first-order valence-corrected chi connectivity index (χ1v) is 4.65. The monoisotopic (exact) mass is 191 g/mol. The molecular formula is C9H21NO3. The molecule has 4 nitrogen and oxygen atoms in total. The maximum absolute atomic E-state index is 9.00. The van der Waals surface area contributed by atoms with Gasteiger partial charge in [-0.05, 0) is 20.8 Å². The van der Waals surface area contributed by atoms with Gasteiger partial charge in [-0.15, -0.1) is 0 Å². The Labute approximate surface area is 79.9 Å². The fourth-order valence-corrected chi connectivity index (χ4v) is 1.07. The van der Waals surface area contributed by atoms with E-state index in [0.717, 1.165) is 0 Å². The van der Waals surface area contributed by atoms with Crippen LogP contribution in [0.15, 0.2) is 0 Å². The van der Waals surface area contributed by atoms with E-state index in [1.54, 1.807) is 6.92 Å². The lowest BCUT2D eigenvalue weighted by atomic mass is 10.0. The first-order chi connectivity index (χ1) is 6.08. The lowest BCUT2D eigenvalue weighted by Crippen LogP contribution is -2.53. The van der Waals surface area contributed by atoms with Crippen LogP contribution in [0.5, 0.6) is 0 Å². The van der Waals surface area contributed by atoms with Crippen LogP contribution >= 0.6 is 0 Å². The second-order valence-electron chi connectivity index (χ2n) is 3.58. The molecule has 4 heteroatoms. The molecule has 0 amide bonds. The Morgan fingerprint density at radius 1 is 1.38 bits per heavy atom. The first-order valence-electron chi connectivity index (χ1n) is 4.65. The average Bonchev–Trinajstić information content (AvgIpc) is 2.14. The molecule has 0 aromatic carbocycles. The molecule has 13 heavy (non-hydrogen) atoms. The summed E-state index contributed by atoms with van der Waals surface area (Å²) in [4.78, 5) is 0. The molecule has 0 aliphatic rings. The summed E-state index contributed by atoms with van der Waals surface area (Å²) in [5, 5.41) is 21.1. The number of hydrogen-bond acceptors (Lipinski definition) is 4. The third-order valence-electron chi connectivity index (χ3n) is 1.86. The molecule has 80 valence electrons. The highest BCUT2D eigenvalue weighted by atomic mass is 16.5. The maximum atomic E-state index is 9.00.